The maximum absolute atomic E-state index is 13.2. The lowest BCUT2D eigenvalue weighted by Gasteiger charge is -2.22. The molecule has 0 aromatic heterocycles. The summed E-state index contributed by atoms with van der Waals surface area (Å²) in [5.74, 6) is 0.403. The highest BCUT2D eigenvalue weighted by atomic mass is 19.4. The van der Waals surface area contributed by atoms with Crippen molar-refractivity contribution < 1.29 is 32.2 Å². The summed E-state index contributed by atoms with van der Waals surface area (Å²) in [6.07, 6.45) is -4.50. The maximum Gasteiger partial charge on any atom is 0.416 e. The third-order valence-corrected chi connectivity index (χ3v) is 4.01. The lowest BCUT2D eigenvalue weighted by atomic mass is 10.1. The van der Waals surface area contributed by atoms with Crippen LogP contribution in [-0.4, -0.2) is 39.2 Å². The number of hydrogen-bond acceptors (Lipinski definition) is 4. The van der Waals surface area contributed by atoms with Gasteiger partial charge >= 0.3 is 6.18 Å². The third kappa shape index (κ3) is 4.45. The van der Waals surface area contributed by atoms with E-state index in [-0.39, 0.29) is 23.4 Å². The van der Waals surface area contributed by atoms with Gasteiger partial charge in [-0.05, 0) is 11.6 Å². The van der Waals surface area contributed by atoms with Crippen molar-refractivity contribution in [1.82, 2.24) is 4.90 Å². The van der Waals surface area contributed by atoms with Crippen molar-refractivity contribution in [3.8, 4) is 17.2 Å². The topological polar surface area (TPSA) is 48.0 Å². The molecule has 0 heterocycles. The molecule has 0 aliphatic heterocycles. The first-order valence-corrected chi connectivity index (χ1v) is 7.93. The molecule has 0 N–H and O–H groups in total. The molecule has 0 saturated carbocycles. The fourth-order valence-electron chi connectivity index (χ4n) is 2.66. The smallest absolute Gasteiger partial charge is 0.416 e. The Hall–Kier alpha value is -2.90. The van der Waals surface area contributed by atoms with Gasteiger partial charge in [-0.2, -0.15) is 13.2 Å². The Kier molecular flexibility index (Phi) is 6.20. The van der Waals surface area contributed by atoms with Crippen LogP contribution in [-0.2, 0) is 12.7 Å². The number of halogens is 3. The van der Waals surface area contributed by atoms with E-state index in [1.165, 1.54) is 63.6 Å². The highest BCUT2D eigenvalue weighted by molar-refractivity contribution is 5.97. The first-order chi connectivity index (χ1) is 12.7. The molecule has 0 bridgehead atoms. The molecule has 0 saturated heterocycles. The van der Waals surface area contributed by atoms with Crippen LogP contribution in [0.5, 0.6) is 17.2 Å². The van der Waals surface area contributed by atoms with E-state index in [0.29, 0.717) is 11.5 Å². The summed E-state index contributed by atoms with van der Waals surface area (Å²) in [7, 11) is 5.67. The number of carbonyl (C=O) groups is 1. The fraction of sp³-hybridized carbons (Fsp3) is 0.316. The molecule has 0 atom stereocenters. The van der Waals surface area contributed by atoms with Crippen molar-refractivity contribution in [3.05, 3.63) is 53.1 Å². The predicted octanol–water partition coefficient (Wildman–Crippen LogP) is 4.00. The molecule has 0 spiro atoms. The largest absolute Gasteiger partial charge is 0.496 e. The van der Waals surface area contributed by atoms with Gasteiger partial charge in [0.1, 0.15) is 5.75 Å². The van der Waals surface area contributed by atoms with Crippen LogP contribution in [0.25, 0.3) is 0 Å². The molecule has 0 fully saturated rings. The second kappa shape index (κ2) is 8.20. The number of hydrogen-bond donors (Lipinski definition) is 0. The lowest BCUT2D eigenvalue weighted by Crippen LogP contribution is -2.28. The van der Waals surface area contributed by atoms with Gasteiger partial charge in [0.2, 0.25) is 0 Å². The Balaban J connectivity index is 2.36. The molecule has 0 aliphatic rings. The van der Waals surface area contributed by atoms with Crippen LogP contribution in [0.15, 0.2) is 36.4 Å². The highest BCUT2D eigenvalue weighted by Gasteiger charge is 2.33. The summed E-state index contributed by atoms with van der Waals surface area (Å²) in [5, 5.41) is 0. The number of nitrogens with zero attached hydrogens (tertiary/aromatic N) is 1. The normalized spacial score (nSPS) is 11.1. The van der Waals surface area contributed by atoms with E-state index in [1.807, 2.05) is 0 Å². The van der Waals surface area contributed by atoms with Crippen LogP contribution in [0.2, 0.25) is 0 Å². The highest BCUT2D eigenvalue weighted by Crippen LogP contribution is 2.36. The molecule has 0 aliphatic carbocycles. The van der Waals surface area contributed by atoms with Crippen molar-refractivity contribution in [2.45, 2.75) is 12.7 Å². The zero-order valence-electron chi connectivity index (χ0n) is 15.4. The first-order valence-electron chi connectivity index (χ1n) is 7.93. The molecule has 2 aromatic carbocycles. The van der Waals surface area contributed by atoms with E-state index in [1.54, 1.807) is 0 Å². The summed E-state index contributed by atoms with van der Waals surface area (Å²) >= 11 is 0. The lowest BCUT2D eigenvalue weighted by molar-refractivity contribution is -0.138. The summed E-state index contributed by atoms with van der Waals surface area (Å²) in [5.41, 5.74) is -0.619. The van der Waals surface area contributed by atoms with Crippen LogP contribution >= 0.6 is 0 Å². The molecule has 146 valence electrons. The minimum Gasteiger partial charge on any atom is -0.496 e. The van der Waals surface area contributed by atoms with E-state index in [0.717, 1.165) is 6.07 Å². The van der Waals surface area contributed by atoms with Crippen molar-refractivity contribution in [1.29, 1.82) is 0 Å². The van der Waals surface area contributed by atoms with E-state index in [2.05, 4.69) is 0 Å². The van der Waals surface area contributed by atoms with Crippen LogP contribution in [0.4, 0.5) is 13.2 Å². The van der Waals surface area contributed by atoms with Crippen molar-refractivity contribution in [2.75, 3.05) is 28.4 Å². The minimum atomic E-state index is -4.50. The zero-order valence-corrected chi connectivity index (χ0v) is 15.4. The molecular formula is C19H20F3NO4. The zero-order chi connectivity index (χ0) is 20.2. The Morgan fingerprint density at radius 2 is 1.52 bits per heavy atom. The summed E-state index contributed by atoms with van der Waals surface area (Å²) in [6, 6.07) is 8.07. The number of methoxy groups -OCH3 is 3. The Labute approximate surface area is 155 Å². The quantitative estimate of drug-likeness (QED) is 0.757. The van der Waals surface area contributed by atoms with Gasteiger partial charge in [0.05, 0.1) is 32.5 Å². The van der Waals surface area contributed by atoms with E-state index >= 15 is 0 Å². The van der Waals surface area contributed by atoms with Gasteiger partial charge in [-0.1, -0.05) is 18.2 Å². The molecule has 8 heteroatoms. The maximum atomic E-state index is 13.2. The van der Waals surface area contributed by atoms with Gasteiger partial charge in [-0.25, -0.2) is 0 Å². The molecular weight excluding hydrogens is 363 g/mol. The van der Waals surface area contributed by atoms with Gasteiger partial charge < -0.3 is 19.1 Å². The van der Waals surface area contributed by atoms with Crippen LogP contribution in [0.1, 0.15) is 21.5 Å². The van der Waals surface area contributed by atoms with Crippen LogP contribution in [0.3, 0.4) is 0 Å². The first kappa shape index (κ1) is 20.4. The molecule has 27 heavy (non-hydrogen) atoms. The van der Waals surface area contributed by atoms with Crippen molar-refractivity contribution in [2.24, 2.45) is 0 Å². The summed E-state index contributed by atoms with van der Waals surface area (Å²) in [6.45, 7) is -0.216. The van der Waals surface area contributed by atoms with E-state index in [4.69, 9.17) is 14.2 Å². The second-order valence-electron chi connectivity index (χ2n) is 5.72. The number of ether oxygens (including phenoxy) is 3. The Morgan fingerprint density at radius 1 is 0.963 bits per heavy atom. The average molecular weight is 383 g/mol. The third-order valence-electron chi connectivity index (χ3n) is 4.01. The van der Waals surface area contributed by atoms with Gasteiger partial charge in [0.25, 0.3) is 5.91 Å². The van der Waals surface area contributed by atoms with E-state index < -0.39 is 17.6 Å². The number of benzene rings is 2. The fourth-order valence-corrected chi connectivity index (χ4v) is 2.66. The van der Waals surface area contributed by atoms with Gasteiger partial charge in [-0.3, -0.25) is 4.79 Å². The molecule has 5 nitrogen and oxygen atoms in total. The molecule has 0 unspecified atom stereocenters. The van der Waals surface area contributed by atoms with Gasteiger partial charge in [0.15, 0.2) is 11.5 Å². The number of alkyl halides is 3. The standard InChI is InChI=1S/C19H20F3NO4/c1-23(11-12-7-5-6-8-14(12)19(20,21)22)18(24)13-9-16(26-3)17(27-4)10-15(13)25-2/h5-10H,11H2,1-4H3. The average Bonchev–Trinajstić information content (AvgIpc) is 2.65. The van der Waals surface area contributed by atoms with Gasteiger partial charge in [-0.15, -0.1) is 0 Å². The Morgan fingerprint density at radius 3 is 2.07 bits per heavy atom. The van der Waals surface area contributed by atoms with Crippen molar-refractivity contribution >= 4 is 5.91 Å². The monoisotopic (exact) mass is 383 g/mol. The number of rotatable bonds is 6. The van der Waals surface area contributed by atoms with Crippen LogP contribution < -0.4 is 14.2 Å². The van der Waals surface area contributed by atoms with Gasteiger partial charge in [0, 0.05) is 25.7 Å². The molecule has 2 aromatic rings. The summed E-state index contributed by atoms with van der Waals surface area (Å²) in [4.78, 5) is 14.0. The minimum absolute atomic E-state index is 0.000272. The Bertz CT molecular complexity index is 821. The number of amides is 1. The summed E-state index contributed by atoms with van der Waals surface area (Å²) < 4.78 is 55.1. The van der Waals surface area contributed by atoms with E-state index in [9.17, 15) is 18.0 Å². The van der Waals surface area contributed by atoms with Crippen LogP contribution in [0, 0.1) is 0 Å². The molecule has 1 amide bonds. The predicted molar refractivity (Wildman–Crippen MR) is 93.3 cm³/mol. The second-order valence-corrected chi connectivity index (χ2v) is 5.72. The number of carbonyl (C=O) groups excluding carboxylic acids is 1. The SMILES string of the molecule is COc1cc(OC)c(C(=O)N(C)Cc2ccccc2C(F)(F)F)cc1OC. The molecule has 0 radical (unpaired) electrons. The van der Waals surface area contributed by atoms with Crippen molar-refractivity contribution in [3.63, 3.8) is 0 Å². The molecule has 2 rings (SSSR count).